The van der Waals surface area contributed by atoms with Crippen LogP contribution in [0.1, 0.15) is 76.8 Å². The third kappa shape index (κ3) is 4.67. The van der Waals surface area contributed by atoms with Crippen molar-refractivity contribution in [2.75, 3.05) is 13.7 Å². The highest BCUT2D eigenvalue weighted by Gasteiger charge is 2.63. The Morgan fingerprint density at radius 2 is 1.87 bits per heavy atom. The summed E-state index contributed by atoms with van der Waals surface area (Å²) in [5, 5.41) is 18.2. The van der Waals surface area contributed by atoms with Gasteiger partial charge in [0.25, 0.3) is 5.91 Å². The van der Waals surface area contributed by atoms with Crippen LogP contribution >= 0.6 is 0 Å². The molecular weight excluding hydrogens is 492 g/mol. The number of fused-ring (bicyclic) bond motifs is 5. The number of nitrogens with one attached hydrogen (secondary N) is 1. The van der Waals surface area contributed by atoms with E-state index in [-0.39, 0.29) is 17.4 Å². The van der Waals surface area contributed by atoms with Crippen LogP contribution in [0.5, 0.6) is 0 Å². The van der Waals surface area contributed by atoms with E-state index in [0.29, 0.717) is 29.7 Å². The van der Waals surface area contributed by atoms with Crippen LogP contribution in [0, 0.1) is 40.9 Å². The summed E-state index contributed by atoms with van der Waals surface area (Å²) >= 11 is 0. The standard InChI is InChI=1S/C32H40N2O5/c1-5-32(37)18-15-26-24-12-11-22-19-23(13-16-30(22,2)25(24)14-17-31(26,32)3)34-39-20-27(35)33-28(29(36)38-4)21-9-7-6-8-10-21/h1,6-10,19,24-26,28,37H,11-18,20H2,2-4H3,(H,33,35)/b34-23+/t24-,25+,26+,28+,30+,31+,32-/m1/s1. The van der Waals surface area contributed by atoms with Crippen LogP contribution in [0.4, 0.5) is 0 Å². The number of ether oxygens (including phenoxy) is 1. The minimum atomic E-state index is -0.979. The Kier molecular flexibility index (Phi) is 7.37. The van der Waals surface area contributed by atoms with Crippen molar-refractivity contribution < 1.29 is 24.3 Å². The van der Waals surface area contributed by atoms with Gasteiger partial charge in [0.15, 0.2) is 12.6 Å². The predicted octanol–water partition coefficient (Wildman–Crippen LogP) is 4.72. The Bertz CT molecular complexity index is 1220. The van der Waals surface area contributed by atoms with E-state index in [0.717, 1.165) is 50.7 Å². The number of aliphatic hydroxyl groups is 1. The van der Waals surface area contributed by atoms with Crippen LogP contribution < -0.4 is 5.32 Å². The zero-order chi connectivity index (χ0) is 27.8. The van der Waals surface area contributed by atoms with Crippen LogP contribution in [-0.4, -0.2) is 42.0 Å². The molecule has 1 amide bonds. The van der Waals surface area contributed by atoms with Gasteiger partial charge in [-0.3, -0.25) is 4.79 Å². The SMILES string of the molecule is C#C[C@@]1(O)CC[C@H]2[C@@H]3CCC4=C/C(=N/OCC(=O)N[C@H](C(=O)OC)c5ccccc5)CC[C@]4(C)[C@H]3CC[C@@]21C. The molecule has 0 unspecified atom stereocenters. The lowest BCUT2D eigenvalue weighted by Gasteiger charge is -2.58. The minimum Gasteiger partial charge on any atom is -0.467 e. The molecule has 0 radical (unpaired) electrons. The molecule has 208 valence electrons. The number of rotatable bonds is 6. The Morgan fingerprint density at radius 1 is 1.13 bits per heavy atom. The van der Waals surface area contributed by atoms with Gasteiger partial charge in [-0.15, -0.1) is 6.42 Å². The highest BCUT2D eigenvalue weighted by molar-refractivity contribution is 5.96. The predicted molar refractivity (Wildman–Crippen MR) is 148 cm³/mol. The molecule has 3 fully saturated rings. The first kappa shape index (κ1) is 27.5. The van der Waals surface area contributed by atoms with E-state index in [1.807, 2.05) is 6.07 Å². The molecule has 1 aromatic rings. The molecule has 1 aromatic carbocycles. The highest BCUT2D eigenvalue weighted by atomic mass is 16.6. The lowest BCUT2D eigenvalue weighted by atomic mass is 9.46. The maximum Gasteiger partial charge on any atom is 0.333 e. The summed E-state index contributed by atoms with van der Waals surface area (Å²) in [6.07, 6.45) is 15.7. The molecular formula is C32H40N2O5. The second-order valence-corrected chi connectivity index (χ2v) is 12.3. The number of oxime groups is 1. The zero-order valence-electron chi connectivity index (χ0n) is 23.2. The number of allylic oxidation sites excluding steroid dienone is 2. The summed E-state index contributed by atoms with van der Waals surface area (Å²) < 4.78 is 4.86. The van der Waals surface area contributed by atoms with Crippen LogP contribution in [0.3, 0.4) is 0 Å². The fourth-order valence-electron chi connectivity index (χ4n) is 8.31. The fourth-order valence-corrected chi connectivity index (χ4v) is 8.31. The molecule has 0 spiro atoms. The number of terminal acetylenes is 1. The number of esters is 1. The molecule has 3 saturated carbocycles. The molecule has 0 aromatic heterocycles. The Morgan fingerprint density at radius 3 is 2.59 bits per heavy atom. The zero-order valence-corrected chi connectivity index (χ0v) is 23.2. The first-order chi connectivity index (χ1) is 18.6. The maximum atomic E-state index is 12.6. The molecule has 2 N–H and O–H groups in total. The average molecular weight is 533 g/mol. The largest absolute Gasteiger partial charge is 0.467 e. The Balaban J connectivity index is 1.22. The summed E-state index contributed by atoms with van der Waals surface area (Å²) in [4.78, 5) is 30.2. The summed E-state index contributed by atoms with van der Waals surface area (Å²) in [5.74, 6) is 3.41. The third-order valence-corrected chi connectivity index (χ3v) is 10.6. The van der Waals surface area contributed by atoms with E-state index in [2.05, 4.69) is 36.3 Å². The smallest absolute Gasteiger partial charge is 0.333 e. The lowest BCUT2D eigenvalue weighted by Crippen LogP contribution is -2.54. The third-order valence-electron chi connectivity index (χ3n) is 10.6. The Labute approximate surface area is 231 Å². The van der Waals surface area contributed by atoms with Gasteiger partial charge in [0.05, 0.1) is 12.8 Å². The number of nitrogens with zero attached hydrogens (tertiary/aromatic N) is 1. The van der Waals surface area contributed by atoms with E-state index in [1.165, 1.54) is 12.7 Å². The van der Waals surface area contributed by atoms with E-state index in [4.69, 9.17) is 16.0 Å². The van der Waals surface area contributed by atoms with Gasteiger partial charge in [0.2, 0.25) is 0 Å². The van der Waals surface area contributed by atoms with Gasteiger partial charge in [-0.1, -0.05) is 60.8 Å². The topological polar surface area (TPSA) is 97.2 Å². The molecule has 7 heteroatoms. The molecule has 4 aliphatic carbocycles. The Hall–Kier alpha value is -3.11. The van der Waals surface area contributed by atoms with Gasteiger partial charge in [-0.25, -0.2) is 4.79 Å². The molecule has 7 nitrogen and oxygen atoms in total. The van der Waals surface area contributed by atoms with E-state index < -0.39 is 23.5 Å². The first-order valence-corrected chi connectivity index (χ1v) is 14.2. The van der Waals surface area contributed by atoms with Gasteiger partial charge in [-0.05, 0) is 86.2 Å². The molecule has 0 saturated heterocycles. The molecule has 0 aliphatic heterocycles. The maximum absolute atomic E-state index is 12.6. The number of amides is 1. The van der Waals surface area contributed by atoms with Gasteiger partial charge in [-0.2, -0.15) is 0 Å². The van der Waals surface area contributed by atoms with Crippen molar-refractivity contribution in [3.63, 3.8) is 0 Å². The van der Waals surface area contributed by atoms with Crippen LogP contribution in [0.2, 0.25) is 0 Å². The van der Waals surface area contributed by atoms with Crippen molar-refractivity contribution in [3.05, 3.63) is 47.5 Å². The monoisotopic (exact) mass is 532 g/mol. The summed E-state index contributed by atoms with van der Waals surface area (Å²) in [6, 6.07) is 8.06. The summed E-state index contributed by atoms with van der Waals surface area (Å²) in [6.45, 7) is 4.34. The van der Waals surface area contributed by atoms with Gasteiger partial charge in [0, 0.05) is 5.41 Å². The normalized spacial score (nSPS) is 36.8. The second-order valence-electron chi connectivity index (χ2n) is 12.3. The van der Waals surface area contributed by atoms with E-state index in [9.17, 15) is 14.7 Å². The summed E-state index contributed by atoms with van der Waals surface area (Å²) in [5.41, 5.74) is 1.86. The molecule has 0 bridgehead atoms. The van der Waals surface area contributed by atoms with Crippen LogP contribution in [-0.2, 0) is 19.2 Å². The van der Waals surface area contributed by atoms with Gasteiger partial charge in [0.1, 0.15) is 5.60 Å². The molecule has 4 aliphatic rings. The summed E-state index contributed by atoms with van der Waals surface area (Å²) in [7, 11) is 1.29. The highest BCUT2D eigenvalue weighted by Crippen LogP contribution is 2.67. The van der Waals surface area contributed by atoms with E-state index >= 15 is 0 Å². The number of benzene rings is 1. The quantitative estimate of drug-likeness (QED) is 0.314. The number of carbonyl (C=O) groups excluding carboxylic acids is 2. The van der Waals surface area contributed by atoms with Gasteiger partial charge < -0.3 is 20.0 Å². The van der Waals surface area contributed by atoms with E-state index in [1.54, 1.807) is 24.3 Å². The number of carbonyl (C=O) groups is 2. The van der Waals surface area contributed by atoms with Crippen molar-refractivity contribution in [2.45, 2.75) is 76.9 Å². The van der Waals surface area contributed by atoms with Crippen LogP contribution in [0.15, 0.2) is 47.1 Å². The van der Waals surface area contributed by atoms with Gasteiger partial charge >= 0.3 is 5.97 Å². The molecule has 39 heavy (non-hydrogen) atoms. The lowest BCUT2D eigenvalue weighted by molar-refractivity contribution is -0.145. The van der Waals surface area contributed by atoms with Crippen LogP contribution in [0.25, 0.3) is 0 Å². The second kappa shape index (κ2) is 10.5. The van der Waals surface area contributed by atoms with Crippen molar-refractivity contribution in [2.24, 2.45) is 33.7 Å². The first-order valence-electron chi connectivity index (χ1n) is 14.2. The van der Waals surface area contributed by atoms with Crippen molar-refractivity contribution in [3.8, 4) is 12.3 Å². The minimum absolute atomic E-state index is 0.112. The molecule has 5 rings (SSSR count). The number of methoxy groups -OCH3 is 1. The van der Waals surface area contributed by atoms with Crippen molar-refractivity contribution in [1.82, 2.24) is 5.32 Å². The fraction of sp³-hybridized carbons (Fsp3) is 0.594. The molecule has 7 atom stereocenters. The number of hydrogen-bond acceptors (Lipinski definition) is 6. The van der Waals surface area contributed by atoms with Crippen molar-refractivity contribution in [1.29, 1.82) is 0 Å². The molecule has 0 heterocycles. The van der Waals surface area contributed by atoms with Crippen molar-refractivity contribution >= 4 is 17.6 Å². The average Bonchev–Trinajstić information content (AvgIpc) is 3.22. The number of hydrogen-bond donors (Lipinski definition) is 2.